The van der Waals surface area contributed by atoms with Gasteiger partial charge in [-0.05, 0) is 18.2 Å². The molecule has 0 radical (unpaired) electrons. The van der Waals surface area contributed by atoms with E-state index in [4.69, 9.17) is 11.8 Å². The lowest BCUT2D eigenvalue weighted by Gasteiger charge is -2.04. The minimum atomic E-state index is -0.449. The molecule has 2 heteroatoms. The lowest BCUT2D eigenvalue weighted by atomic mass is 10.2. The first-order chi connectivity index (χ1) is 6.88. The fourth-order valence-corrected chi connectivity index (χ4v) is 3.76. The topological polar surface area (TPSA) is 0 Å². The number of benzene rings is 1. The van der Waals surface area contributed by atoms with Gasteiger partial charge < -0.3 is 0 Å². The van der Waals surface area contributed by atoms with Gasteiger partial charge in [0.2, 0.25) is 6.70 Å². The van der Waals surface area contributed by atoms with Crippen molar-refractivity contribution >= 4 is 23.8 Å². The average Bonchev–Trinajstić information content (AvgIpc) is 2.30. The molecule has 1 aromatic rings. The van der Waals surface area contributed by atoms with Gasteiger partial charge in [-0.2, -0.15) is 0 Å². The smallest absolute Gasteiger partial charge is 0.0798 e. The fraction of sp³-hybridized carbons (Fsp3) is 0.167. The lowest BCUT2D eigenvalue weighted by molar-refractivity contribution is 1.05. The molecule has 0 aromatic heterocycles. The molecule has 0 fully saturated rings. The van der Waals surface area contributed by atoms with E-state index in [9.17, 15) is 0 Å². The Morgan fingerprint density at radius 2 is 1.93 bits per heavy atom. The molecule has 0 saturated heterocycles. The molecule has 2 unspecified atom stereocenters. The largest absolute Gasteiger partial charge is 0.220 e. The Balaban J connectivity index is 2.17. The van der Waals surface area contributed by atoms with Crippen molar-refractivity contribution < 1.29 is 0 Å². The van der Waals surface area contributed by atoms with Crippen LogP contribution in [0.15, 0.2) is 54.6 Å². The Bertz CT molecular complexity index is 379. The van der Waals surface area contributed by atoms with Crippen LogP contribution in [-0.2, 0) is 11.8 Å². The molecule has 0 heterocycles. The van der Waals surface area contributed by atoms with Crippen LogP contribution in [0, 0.1) is 0 Å². The fourth-order valence-electron chi connectivity index (χ4n) is 1.51. The zero-order valence-corrected chi connectivity index (χ0v) is 9.55. The van der Waals surface area contributed by atoms with Crippen molar-refractivity contribution in [1.82, 2.24) is 0 Å². The molecule has 0 aliphatic heterocycles. The molecule has 0 spiro atoms. The van der Waals surface area contributed by atoms with E-state index >= 15 is 0 Å². The van der Waals surface area contributed by atoms with Gasteiger partial charge in [0, 0.05) is 6.42 Å². The van der Waals surface area contributed by atoms with E-state index in [2.05, 4.69) is 48.6 Å². The predicted molar refractivity (Wildman–Crippen MR) is 67.0 cm³/mol. The highest BCUT2D eigenvalue weighted by molar-refractivity contribution is 8.09. The molecule has 0 N–H and O–H groups in total. The third kappa shape index (κ3) is 2.17. The van der Waals surface area contributed by atoms with Crippen molar-refractivity contribution in [1.29, 1.82) is 0 Å². The summed E-state index contributed by atoms with van der Waals surface area (Å²) in [5.41, 5.74) is 0.549. The van der Waals surface area contributed by atoms with Gasteiger partial charge in [0.1, 0.15) is 0 Å². The van der Waals surface area contributed by atoms with Crippen LogP contribution >= 0.6 is 6.70 Å². The molecule has 1 aliphatic rings. The summed E-state index contributed by atoms with van der Waals surface area (Å²) in [6.45, 7) is -0.449. The van der Waals surface area contributed by atoms with Gasteiger partial charge in [-0.25, -0.2) is 0 Å². The van der Waals surface area contributed by atoms with Gasteiger partial charge in [-0.1, -0.05) is 36.4 Å². The first kappa shape index (κ1) is 9.76. The summed E-state index contributed by atoms with van der Waals surface area (Å²) in [6, 6.07) is 10.5. The summed E-state index contributed by atoms with van der Waals surface area (Å²) >= 11 is 5.60. The second-order valence-electron chi connectivity index (χ2n) is 3.28. The summed E-state index contributed by atoms with van der Waals surface area (Å²) in [6.07, 6.45) is 9.75. The summed E-state index contributed by atoms with van der Waals surface area (Å²) in [5, 5.41) is 1.32. The zero-order valence-electron chi connectivity index (χ0n) is 7.84. The number of hydrogen-bond donors (Lipinski definition) is 0. The highest BCUT2D eigenvalue weighted by Gasteiger charge is 2.24. The second-order valence-corrected chi connectivity index (χ2v) is 6.29. The van der Waals surface area contributed by atoms with Crippen LogP contribution in [0.3, 0.4) is 0 Å². The monoisotopic (exact) mass is 219 g/mol. The molecule has 2 atom stereocenters. The number of allylic oxidation sites excluding steroid dienone is 4. The maximum Gasteiger partial charge on any atom is 0.220 e. The van der Waals surface area contributed by atoms with Gasteiger partial charge in [0.25, 0.3) is 0 Å². The highest BCUT2D eigenvalue weighted by Crippen LogP contribution is 2.32. The summed E-state index contributed by atoms with van der Waals surface area (Å²) in [5.74, 6) is 0. The molecule has 0 nitrogen and oxygen atoms in total. The second kappa shape index (κ2) is 4.63. The Morgan fingerprint density at radius 3 is 2.57 bits per heavy atom. The van der Waals surface area contributed by atoms with Crippen LogP contribution in [0.5, 0.6) is 0 Å². The van der Waals surface area contributed by atoms with Crippen molar-refractivity contribution in [2.75, 3.05) is 0 Å². The van der Waals surface area contributed by atoms with E-state index in [1.807, 2.05) is 6.07 Å². The highest BCUT2D eigenvalue weighted by atomic mass is 32.4. The Kier molecular flexibility index (Phi) is 3.23. The lowest BCUT2D eigenvalue weighted by Crippen LogP contribution is -2.06. The quantitative estimate of drug-likeness (QED) is 0.688. The van der Waals surface area contributed by atoms with Gasteiger partial charge in [-0.3, -0.25) is 0 Å². The molecule has 1 aromatic carbocycles. The predicted octanol–water partition coefficient (Wildman–Crippen LogP) is 3.14. The first-order valence-electron chi connectivity index (χ1n) is 4.72. The van der Waals surface area contributed by atoms with Gasteiger partial charge in [0.05, 0.1) is 0 Å². The van der Waals surface area contributed by atoms with Gasteiger partial charge in [-0.15, -0.1) is 0 Å². The van der Waals surface area contributed by atoms with Crippen molar-refractivity contribution in [3.63, 3.8) is 0 Å². The molecule has 14 heavy (non-hydrogen) atoms. The molecule has 0 bridgehead atoms. The third-order valence-corrected chi connectivity index (χ3v) is 5.51. The van der Waals surface area contributed by atoms with Gasteiger partial charge >= 0.3 is 0 Å². The molecule has 2 rings (SSSR count). The SMILES string of the molecule is S=[P+](c1ccccc1)C1C=CC=CC1. The van der Waals surface area contributed by atoms with Crippen LogP contribution in [0.25, 0.3) is 0 Å². The van der Waals surface area contributed by atoms with Crippen molar-refractivity contribution in [3.8, 4) is 0 Å². The Morgan fingerprint density at radius 1 is 1.14 bits per heavy atom. The zero-order chi connectivity index (χ0) is 9.80. The maximum atomic E-state index is 5.60. The average molecular weight is 219 g/mol. The minimum absolute atomic E-state index is 0.449. The van der Waals surface area contributed by atoms with Crippen molar-refractivity contribution in [2.45, 2.75) is 12.1 Å². The molecule has 1 aliphatic carbocycles. The molecular formula is C12H12PS+. The van der Waals surface area contributed by atoms with E-state index in [1.165, 1.54) is 5.30 Å². The van der Waals surface area contributed by atoms with E-state index < -0.39 is 6.70 Å². The Labute approximate surface area is 90.8 Å². The van der Waals surface area contributed by atoms with Gasteiger partial charge in [0.15, 0.2) is 22.8 Å². The minimum Gasteiger partial charge on any atom is -0.0798 e. The Hall–Kier alpha value is -0.780. The van der Waals surface area contributed by atoms with E-state index in [0.29, 0.717) is 5.66 Å². The molecule has 70 valence electrons. The summed E-state index contributed by atoms with van der Waals surface area (Å²) in [7, 11) is 0. The van der Waals surface area contributed by atoms with Crippen LogP contribution in [0.1, 0.15) is 6.42 Å². The number of rotatable bonds is 2. The maximum absolute atomic E-state index is 5.60. The van der Waals surface area contributed by atoms with Crippen LogP contribution in [0.4, 0.5) is 0 Å². The van der Waals surface area contributed by atoms with Crippen LogP contribution in [-0.4, -0.2) is 5.66 Å². The molecular weight excluding hydrogens is 207 g/mol. The van der Waals surface area contributed by atoms with E-state index in [0.717, 1.165) is 6.42 Å². The van der Waals surface area contributed by atoms with E-state index in [1.54, 1.807) is 0 Å². The summed E-state index contributed by atoms with van der Waals surface area (Å²) in [4.78, 5) is 0. The summed E-state index contributed by atoms with van der Waals surface area (Å²) < 4.78 is 0. The third-order valence-electron chi connectivity index (χ3n) is 2.27. The standard InChI is InChI=1S/C12H12PS/c14-13(11-7-3-1-4-8-11)12-9-5-2-6-10-12/h1-9,12H,10H2/q+1. The van der Waals surface area contributed by atoms with Crippen LogP contribution in [0.2, 0.25) is 0 Å². The van der Waals surface area contributed by atoms with Crippen molar-refractivity contribution in [2.24, 2.45) is 0 Å². The van der Waals surface area contributed by atoms with E-state index in [-0.39, 0.29) is 0 Å². The first-order valence-corrected chi connectivity index (χ1v) is 7.15. The molecule has 0 amide bonds. The number of hydrogen-bond acceptors (Lipinski definition) is 1. The van der Waals surface area contributed by atoms with Crippen LogP contribution < -0.4 is 5.30 Å². The van der Waals surface area contributed by atoms with Crippen molar-refractivity contribution in [3.05, 3.63) is 54.6 Å². The molecule has 0 saturated carbocycles. The normalized spacial score (nSPS) is 20.9.